The fourth-order valence-corrected chi connectivity index (χ4v) is 3.16. The zero-order valence-corrected chi connectivity index (χ0v) is 14.9. The monoisotopic (exact) mass is 355 g/mol. The predicted octanol–water partition coefficient (Wildman–Crippen LogP) is 3.36. The molecule has 1 atom stereocenters. The lowest BCUT2D eigenvalue weighted by molar-refractivity contribution is 0.126. The number of aromatic nitrogens is 3. The number of aryl methyl sites for hydroxylation is 1. The molecular weight excluding hydrogens is 334 g/mol. The van der Waals surface area contributed by atoms with E-state index in [-0.39, 0.29) is 6.61 Å². The Morgan fingerprint density at radius 3 is 2.60 bits per heavy atom. The van der Waals surface area contributed by atoms with Crippen LogP contribution in [0.2, 0.25) is 0 Å². The third-order valence-corrected chi connectivity index (χ3v) is 4.82. The van der Waals surface area contributed by atoms with Crippen LogP contribution < -0.4 is 4.74 Å². The van der Waals surface area contributed by atoms with Gasteiger partial charge in [0.1, 0.15) is 18.7 Å². The van der Waals surface area contributed by atoms with Gasteiger partial charge in [-0.2, -0.15) is 0 Å². The number of hydrogen-bond donors (Lipinski definition) is 1. The molecule has 0 radical (unpaired) electrons. The molecule has 25 heavy (non-hydrogen) atoms. The summed E-state index contributed by atoms with van der Waals surface area (Å²) in [6.07, 6.45) is 2.09. The minimum atomic E-state index is -0.586. The maximum atomic E-state index is 10.2. The topological polar surface area (TPSA) is 60.2 Å². The number of para-hydroxylation sites is 1. The second-order valence-corrected chi connectivity index (χ2v) is 6.58. The van der Waals surface area contributed by atoms with Gasteiger partial charge in [-0.05, 0) is 36.2 Å². The van der Waals surface area contributed by atoms with Crippen molar-refractivity contribution in [2.75, 3.05) is 12.4 Å². The third-order valence-electron chi connectivity index (χ3n) is 3.73. The van der Waals surface area contributed by atoms with Crippen molar-refractivity contribution < 1.29 is 9.84 Å². The summed E-state index contributed by atoms with van der Waals surface area (Å²) < 4.78 is 7.55. The maximum Gasteiger partial charge on any atom is 0.195 e. The molecule has 0 unspecified atom stereocenters. The van der Waals surface area contributed by atoms with E-state index in [2.05, 4.69) is 17.1 Å². The van der Waals surface area contributed by atoms with Gasteiger partial charge in [-0.3, -0.25) is 4.57 Å². The quantitative estimate of drug-likeness (QED) is 0.628. The largest absolute Gasteiger partial charge is 0.491 e. The molecule has 1 N–H and O–H groups in total. The first kappa shape index (κ1) is 17.5. The number of aliphatic hydroxyl groups is 1. The summed E-state index contributed by atoms with van der Waals surface area (Å²) in [6.45, 7) is 2.36. The normalized spacial score (nSPS) is 12.1. The average Bonchev–Trinajstić information content (AvgIpc) is 3.14. The summed E-state index contributed by atoms with van der Waals surface area (Å²) in [7, 11) is 0. The first-order chi connectivity index (χ1) is 12.3. The van der Waals surface area contributed by atoms with E-state index in [1.165, 1.54) is 17.3 Å². The minimum absolute atomic E-state index is 0.248. The molecule has 0 saturated carbocycles. The molecule has 6 heteroatoms. The van der Waals surface area contributed by atoms with Crippen molar-refractivity contribution in [2.24, 2.45) is 0 Å². The van der Waals surface area contributed by atoms with E-state index in [9.17, 15) is 5.11 Å². The average molecular weight is 355 g/mol. The lowest BCUT2D eigenvalue weighted by atomic mass is 10.2. The zero-order chi connectivity index (χ0) is 17.5. The van der Waals surface area contributed by atoms with Gasteiger partial charge in [0, 0.05) is 11.4 Å². The Kier molecular flexibility index (Phi) is 6.09. The number of ether oxygens (including phenoxy) is 1. The predicted molar refractivity (Wildman–Crippen MR) is 99.4 cm³/mol. The van der Waals surface area contributed by atoms with Crippen LogP contribution in [0.3, 0.4) is 0 Å². The van der Waals surface area contributed by atoms with Crippen molar-refractivity contribution in [3.05, 3.63) is 66.5 Å². The number of thioether (sulfide) groups is 1. The molecule has 0 aliphatic rings. The van der Waals surface area contributed by atoms with Crippen LogP contribution in [0.4, 0.5) is 0 Å². The second-order valence-electron chi connectivity index (χ2n) is 5.59. The Bertz CT molecular complexity index is 775. The van der Waals surface area contributed by atoms with Crippen molar-refractivity contribution in [2.45, 2.75) is 24.6 Å². The van der Waals surface area contributed by atoms with Crippen LogP contribution >= 0.6 is 11.8 Å². The van der Waals surface area contributed by atoms with Crippen molar-refractivity contribution in [1.82, 2.24) is 14.8 Å². The Hall–Kier alpha value is -2.31. The molecule has 3 aromatic rings. The molecule has 130 valence electrons. The lowest BCUT2D eigenvalue weighted by Gasteiger charge is -2.12. The second kappa shape index (κ2) is 8.69. The summed E-state index contributed by atoms with van der Waals surface area (Å²) in [6, 6.07) is 17.8. The molecule has 0 aliphatic carbocycles. The fourth-order valence-electron chi connectivity index (χ4n) is 2.32. The van der Waals surface area contributed by atoms with Gasteiger partial charge in [0.25, 0.3) is 0 Å². The van der Waals surface area contributed by atoms with E-state index < -0.39 is 6.10 Å². The first-order valence-electron chi connectivity index (χ1n) is 8.24. The van der Waals surface area contributed by atoms with E-state index in [0.717, 1.165) is 23.0 Å². The SMILES string of the molecule is CCc1ccc(OC[C@@H](O)CSc2nncn2-c2ccccc2)cc1. The van der Waals surface area contributed by atoms with Gasteiger partial charge in [-0.15, -0.1) is 10.2 Å². The van der Waals surface area contributed by atoms with Crippen LogP contribution in [-0.2, 0) is 6.42 Å². The van der Waals surface area contributed by atoms with Gasteiger partial charge in [0.2, 0.25) is 0 Å². The highest BCUT2D eigenvalue weighted by atomic mass is 32.2. The fraction of sp³-hybridized carbons (Fsp3) is 0.263. The van der Waals surface area contributed by atoms with Gasteiger partial charge < -0.3 is 9.84 Å². The number of nitrogens with zero attached hydrogens (tertiary/aromatic N) is 3. The van der Waals surface area contributed by atoms with Crippen molar-refractivity contribution in [1.29, 1.82) is 0 Å². The highest BCUT2D eigenvalue weighted by Gasteiger charge is 2.11. The molecule has 0 aliphatic heterocycles. The molecule has 2 aromatic carbocycles. The first-order valence-corrected chi connectivity index (χ1v) is 9.23. The summed E-state index contributed by atoms with van der Waals surface area (Å²) in [5, 5.41) is 19.0. The van der Waals surface area contributed by atoms with Crippen LogP contribution in [0.25, 0.3) is 5.69 Å². The van der Waals surface area contributed by atoms with Crippen molar-refractivity contribution in [3.8, 4) is 11.4 Å². The van der Waals surface area contributed by atoms with Gasteiger partial charge in [0.05, 0.1) is 6.10 Å². The summed E-state index contributed by atoms with van der Waals surface area (Å²) >= 11 is 1.46. The molecule has 3 rings (SSSR count). The van der Waals surface area contributed by atoms with Crippen LogP contribution in [0.5, 0.6) is 5.75 Å². The standard InChI is InChI=1S/C19H21N3O2S/c1-2-15-8-10-18(11-9-15)24-12-17(23)13-25-19-21-20-14-22(19)16-6-4-3-5-7-16/h3-11,14,17,23H,2,12-13H2,1H3/t17-/m1/s1. The Balaban J connectivity index is 1.51. The highest BCUT2D eigenvalue weighted by Crippen LogP contribution is 2.20. The van der Waals surface area contributed by atoms with Gasteiger partial charge in [0.15, 0.2) is 5.16 Å². The zero-order valence-electron chi connectivity index (χ0n) is 14.1. The van der Waals surface area contributed by atoms with Crippen LogP contribution in [0, 0.1) is 0 Å². The minimum Gasteiger partial charge on any atom is -0.491 e. The molecule has 5 nitrogen and oxygen atoms in total. The van der Waals surface area contributed by atoms with E-state index in [1.54, 1.807) is 6.33 Å². The Morgan fingerprint density at radius 1 is 1.12 bits per heavy atom. The number of benzene rings is 2. The molecule has 0 saturated heterocycles. The van der Waals surface area contributed by atoms with E-state index in [4.69, 9.17) is 4.74 Å². The molecule has 1 heterocycles. The lowest BCUT2D eigenvalue weighted by Crippen LogP contribution is -2.20. The van der Waals surface area contributed by atoms with Crippen molar-refractivity contribution >= 4 is 11.8 Å². The Morgan fingerprint density at radius 2 is 1.88 bits per heavy atom. The van der Waals surface area contributed by atoms with Crippen LogP contribution in [0.15, 0.2) is 66.1 Å². The molecule has 0 bridgehead atoms. The number of hydrogen-bond acceptors (Lipinski definition) is 5. The van der Waals surface area contributed by atoms with Gasteiger partial charge in [-0.25, -0.2) is 0 Å². The molecule has 0 spiro atoms. The van der Waals surface area contributed by atoms with E-state index in [1.807, 2.05) is 59.2 Å². The van der Waals surface area contributed by atoms with Crippen LogP contribution in [-0.4, -0.2) is 38.3 Å². The van der Waals surface area contributed by atoms with E-state index >= 15 is 0 Å². The van der Waals surface area contributed by atoms with Gasteiger partial charge >= 0.3 is 0 Å². The number of rotatable bonds is 8. The van der Waals surface area contributed by atoms with Crippen molar-refractivity contribution in [3.63, 3.8) is 0 Å². The van der Waals surface area contributed by atoms with Gasteiger partial charge in [-0.1, -0.05) is 49.0 Å². The molecule has 0 amide bonds. The Labute approximate surface area is 151 Å². The summed E-state index contributed by atoms with van der Waals surface area (Å²) in [5.74, 6) is 1.26. The van der Waals surface area contributed by atoms with E-state index in [0.29, 0.717) is 5.75 Å². The molecular formula is C19H21N3O2S. The van der Waals surface area contributed by atoms with Crippen LogP contribution in [0.1, 0.15) is 12.5 Å². The molecule has 0 fully saturated rings. The summed E-state index contributed by atoms with van der Waals surface area (Å²) in [5.41, 5.74) is 2.26. The summed E-state index contributed by atoms with van der Waals surface area (Å²) in [4.78, 5) is 0. The molecule has 1 aromatic heterocycles. The third kappa shape index (κ3) is 4.84. The highest BCUT2D eigenvalue weighted by molar-refractivity contribution is 7.99. The number of aliphatic hydroxyl groups excluding tert-OH is 1. The maximum absolute atomic E-state index is 10.2. The smallest absolute Gasteiger partial charge is 0.195 e.